The average molecular weight is 365 g/mol. The van der Waals surface area contributed by atoms with E-state index in [1.165, 1.54) is 12.1 Å². The third-order valence-electron chi connectivity index (χ3n) is 3.37. The molecular formula is C18H18BrFO2. The maximum Gasteiger partial charge on any atom is 0.150 e. The van der Waals surface area contributed by atoms with Crippen LogP contribution < -0.4 is 4.74 Å². The van der Waals surface area contributed by atoms with Crippen molar-refractivity contribution in [2.24, 2.45) is 0 Å². The zero-order valence-electron chi connectivity index (χ0n) is 12.2. The maximum absolute atomic E-state index is 12.8. The lowest BCUT2D eigenvalue weighted by atomic mass is 10.1. The Labute approximate surface area is 138 Å². The van der Waals surface area contributed by atoms with Crippen molar-refractivity contribution in [3.8, 4) is 5.75 Å². The first-order valence-corrected chi connectivity index (χ1v) is 8.10. The van der Waals surface area contributed by atoms with Gasteiger partial charge in [0, 0.05) is 5.56 Å². The number of benzene rings is 2. The van der Waals surface area contributed by atoms with Crippen molar-refractivity contribution < 1.29 is 13.9 Å². The van der Waals surface area contributed by atoms with E-state index >= 15 is 0 Å². The van der Waals surface area contributed by atoms with Crippen LogP contribution in [0.2, 0.25) is 0 Å². The van der Waals surface area contributed by atoms with E-state index in [1.807, 2.05) is 12.1 Å². The van der Waals surface area contributed by atoms with Crippen LogP contribution in [0, 0.1) is 5.82 Å². The smallest absolute Gasteiger partial charge is 0.150 e. The summed E-state index contributed by atoms with van der Waals surface area (Å²) in [7, 11) is 0. The van der Waals surface area contributed by atoms with Gasteiger partial charge in [-0.15, -0.1) is 0 Å². The van der Waals surface area contributed by atoms with Crippen LogP contribution >= 0.6 is 15.9 Å². The summed E-state index contributed by atoms with van der Waals surface area (Å²) in [6.45, 7) is 0.641. The van der Waals surface area contributed by atoms with Crippen LogP contribution in [0.1, 0.15) is 35.2 Å². The van der Waals surface area contributed by atoms with Gasteiger partial charge in [-0.1, -0.05) is 12.1 Å². The molecule has 0 amide bonds. The first kappa shape index (κ1) is 16.7. The summed E-state index contributed by atoms with van der Waals surface area (Å²) in [5, 5.41) is 0. The lowest BCUT2D eigenvalue weighted by Gasteiger charge is -2.08. The number of hydrogen-bond acceptors (Lipinski definition) is 2. The van der Waals surface area contributed by atoms with E-state index in [1.54, 1.807) is 18.2 Å². The molecule has 4 heteroatoms. The lowest BCUT2D eigenvalue weighted by molar-refractivity contribution is 0.112. The fourth-order valence-electron chi connectivity index (χ4n) is 2.15. The van der Waals surface area contributed by atoms with E-state index in [9.17, 15) is 9.18 Å². The largest absolute Gasteiger partial charge is 0.492 e. The molecule has 0 aliphatic heterocycles. The Hall–Kier alpha value is -1.68. The Morgan fingerprint density at radius 1 is 1.05 bits per heavy atom. The molecule has 0 aromatic heterocycles. The van der Waals surface area contributed by atoms with E-state index in [4.69, 9.17) is 4.74 Å². The Balaban J connectivity index is 1.65. The molecule has 0 saturated carbocycles. The topological polar surface area (TPSA) is 26.3 Å². The average Bonchev–Trinajstić information content (AvgIpc) is 2.53. The number of halogens is 2. The highest BCUT2D eigenvalue weighted by Gasteiger charge is 2.02. The number of ether oxygens (including phenoxy) is 1. The zero-order chi connectivity index (χ0) is 15.8. The van der Waals surface area contributed by atoms with Gasteiger partial charge in [-0.3, -0.25) is 4.79 Å². The summed E-state index contributed by atoms with van der Waals surface area (Å²) in [6, 6.07) is 11.9. The Bertz CT molecular complexity index is 611. The third kappa shape index (κ3) is 5.26. The van der Waals surface area contributed by atoms with Gasteiger partial charge in [-0.05, 0) is 77.5 Å². The zero-order valence-corrected chi connectivity index (χ0v) is 13.8. The SMILES string of the molecule is O=Cc1ccc(OCCCCCc2ccc(F)cc2)c(Br)c1. The minimum Gasteiger partial charge on any atom is -0.492 e. The minimum atomic E-state index is -0.191. The van der Waals surface area contributed by atoms with Gasteiger partial charge in [0.1, 0.15) is 17.9 Å². The standard InChI is InChI=1S/C18H18BrFO2/c19-17-12-15(13-21)7-10-18(17)22-11-3-1-2-4-14-5-8-16(20)9-6-14/h5-10,12-13H,1-4,11H2. The van der Waals surface area contributed by atoms with Gasteiger partial charge >= 0.3 is 0 Å². The predicted octanol–water partition coefficient (Wildman–Crippen LogP) is 5.19. The number of hydrogen-bond donors (Lipinski definition) is 0. The van der Waals surface area contributed by atoms with E-state index in [2.05, 4.69) is 15.9 Å². The van der Waals surface area contributed by atoms with Gasteiger partial charge in [0.2, 0.25) is 0 Å². The number of carbonyl (C=O) groups is 1. The number of carbonyl (C=O) groups excluding carboxylic acids is 1. The van der Waals surface area contributed by atoms with Crippen molar-refractivity contribution in [1.29, 1.82) is 0 Å². The molecule has 0 saturated heterocycles. The summed E-state index contributed by atoms with van der Waals surface area (Å²) in [4.78, 5) is 10.7. The maximum atomic E-state index is 12.8. The highest BCUT2D eigenvalue weighted by atomic mass is 79.9. The van der Waals surface area contributed by atoms with Crippen molar-refractivity contribution in [2.45, 2.75) is 25.7 Å². The molecule has 0 N–H and O–H groups in total. The fourth-order valence-corrected chi connectivity index (χ4v) is 2.66. The second kappa shape index (κ2) is 8.69. The molecule has 0 atom stereocenters. The van der Waals surface area contributed by atoms with Crippen molar-refractivity contribution in [1.82, 2.24) is 0 Å². The molecule has 2 aromatic rings. The van der Waals surface area contributed by atoms with E-state index in [-0.39, 0.29) is 5.82 Å². The monoisotopic (exact) mass is 364 g/mol. The van der Waals surface area contributed by atoms with Gasteiger partial charge in [0.05, 0.1) is 11.1 Å². The number of rotatable bonds is 8. The number of aldehydes is 1. The molecule has 0 spiro atoms. The van der Waals surface area contributed by atoms with Gasteiger partial charge in [-0.25, -0.2) is 4.39 Å². The van der Waals surface area contributed by atoms with Crippen molar-refractivity contribution in [2.75, 3.05) is 6.61 Å². The van der Waals surface area contributed by atoms with Crippen LogP contribution in [0.15, 0.2) is 46.9 Å². The van der Waals surface area contributed by atoms with Gasteiger partial charge < -0.3 is 4.74 Å². The van der Waals surface area contributed by atoms with Crippen LogP contribution in [-0.2, 0) is 6.42 Å². The van der Waals surface area contributed by atoms with E-state index in [0.717, 1.165) is 47.8 Å². The third-order valence-corrected chi connectivity index (χ3v) is 3.99. The summed E-state index contributed by atoms with van der Waals surface area (Å²) < 4.78 is 19.3. The Kier molecular flexibility index (Phi) is 6.59. The first-order chi connectivity index (χ1) is 10.7. The van der Waals surface area contributed by atoms with Gasteiger partial charge in [0.15, 0.2) is 0 Å². The number of aryl methyl sites for hydroxylation is 1. The first-order valence-electron chi connectivity index (χ1n) is 7.31. The van der Waals surface area contributed by atoms with Crippen molar-refractivity contribution in [3.63, 3.8) is 0 Å². The highest BCUT2D eigenvalue weighted by molar-refractivity contribution is 9.10. The molecule has 0 heterocycles. The molecular weight excluding hydrogens is 347 g/mol. The molecule has 0 unspecified atom stereocenters. The van der Waals surface area contributed by atoms with Crippen LogP contribution in [0.3, 0.4) is 0 Å². The Morgan fingerprint density at radius 3 is 2.50 bits per heavy atom. The van der Waals surface area contributed by atoms with Crippen LogP contribution in [-0.4, -0.2) is 12.9 Å². The summed E-state index contributed by atoms with van der Waals surface area (Å²) in [5.74, 6) is 0.562. The number of unbranched alkanes of at least 4 members (excludes halogenated alkanes) is 2. The van der Waals surface area contributed by atoms with Gasteiger partial charge in [-0.2, -0.15) is 0 Å². The van der Waals surface area contributed by atoms with Crippen LogP contribution in [0.5, 0.6) is 5.75 Å². The van der Waals surface area contributed by atoms with E-state index in [0.29, 0.717) is 12.2 Å². The molecule has 116 valence electrons. The van der Waals surface area contributed by atoms with E-state index < -0.39 is 0 Å². The molecule has 2 rings (SSSR count). The molecule has 0 bridgehead atoms. The highest BCUT2D eigenvalue weighted by Crippen LogP contribution is 2.25. The van der Waals surface area contributed by atoms with Crippen molar-refractivity contribution in [3.05, 3.63) is 63.9 Å². The van der Waals surface area contributed by atoms with Crippen molar-refractivity contribution >= 4 is 22.2 Å². The second-order valence-corrected chi connectivity index (χ2v) is 5.95. The molecule has 2 nitrogen and oxygen atoms in total. The van der Waals surface area contributed by atoms with Gasteiger partial charge in [0.25, 0.3) is 0 Å². The summed E-state index contributed by atoms with van der Waals surface area (Å²) in [5.41, 5.74) is 1.79. The molecule has 22 heavy (non-hydrogen) atoms. The Morgan fingerprint density at radius 2 is 1.82 bits per heavy atom. The van der Waals surface area contributed by atoms with Crippen LogP contribution in [0.4, 0.5) is 4.39 Å². The second-order valence-electron chi connectivity index (χ2n) is 5.09. The molecule has 0 aliphatic rings. The minimum absolute atomic E-state index is 0.191. The summed E-state index contributed by atoms with van der Waals surface area (Å²) in [6.07, 6.45) is 4.84. The fraction of sp³-hybridized carbons (Fsp3) is 0.278. The quantitative estimate of drug-likeness (QED) is 0.475. The lowest BCUT2D eigenvalue weighted by Crippen LogP contribution is -1.99. The summed E-state index contributed by atoms with van der Waals surface area (Å²) >= 11 is 3.39. The normalized spacial score (nSPS) is 10.5. The molecule has 0 fully saturated rings. The predicted molar refractivity (Wildman–Crippen MR) is 89.0 cm³/mol. The molecule has 0 radical (unpaired) electrons. The molecule has 0 aliphatic carbocycles. The van der Waals surface area contributed by atoms with Crippen LogP contribution in [0.25, 0.3) is 0 Å². The molecule has 2 aromatic carbocycles.